The van der Waals surface area contributed by atoms with Crippen LogP contribution in [0.3, 0.4) is 0 Å². The second kappa shape index (κ2) is 7.37. The number of amides is 1. The average Bonchev–Trinajstić information content (AvgIpc) is 3.30. The van der Waals surface area contributed by atoms with E-state index in [0.717, 1.165) is 33.2 Å². The zero-order chi connectivity index (χ0) is 18.8. The number of carbonyl (C=O) groups is 1. The molecule has 4 rings (SSSR count). The van der Waals surface area contributed by atoms with E-state index in [-0.39, 0.29) is 18.4 Å². The lowest BCUT2D eigenvalue weighted by Crippen LogP contribution is -2.28. The molecule has 1 unspecified atom stereocenters. The van der Waals surface area contributed by atoms with Gasteiger partial charge in [-0.2, -0.15) is 0 Å². The number of aromatic nitrogens is 1. The summed E-state index contributed by atoms with van der Waals surface area (Å²) in [6.07, 6.45) is 0.255. The molecule has 1 N–H and O–H groups in total. The monoisotopic (exact) mass is 376 g/mol. The molecule has 1 amide bonds. The van der Waals surface area contributed by atoms with Crippen molar-refractivity contribution in [3.05, 3.63) is 77.0 Å². The Morgan fingerprint density at radius 1 is 1.15 bits per heavy atom. The van der Waals surface area contributed by atoms with Crippen LogP contribution < -0.4 is 5.32 Å². The third kappa shape index (κ3) is 3.78. The number of fused-ring (bicyclic) bond motifs is 1. The van der Waals surface area contributed by atoms with E-state index < -0.39 is 0 Å². The maximum atomic E-state index is 12.5. The first-order valence-corrected chi connectivity index (χ1v) is 9.76. The van der Waals surface area contributed by atoms with Gasteiger partial charge in [0.05, 0.1) is 18.2 Å². The van der Waals surface area contributed by atoms with Gasteiger partial charge in [-0.05, 0) is 42.3 Å². The van der Waals surface area contributed by atoms with Gasteiger partial charge in [-0.1, -0.05) is 42.5 Å². The van der Waals surface area contributed by atoms with Crippen LogP contribution in [0.5, 0.6) is 0 Å². The molecule has 4 aromatic rings. The largest absolute Gasteiger partial charge is 0.459 e. The first-order valence-electron chi connectivity index (χ1n) is 8.88. The molecule has 2 aromatic carbocycles. The van der Waals surface area contributed by atoms with Crippen LogP contribution in [0.4, 0.5) is 0 Å². The Kier molecular flexibility index (Phi) is 4.77. The van der Waals surface area contributed by atoms with Crippen LogP contribution in [0.25, 0.3) is 21.5 Å². The minimum absolute atomic E-state index is 0.0390. The molecule has 0 spiro atoms. The summed E-state index contributed by atoms with van der Waals surface area (Å²) in [6.45, 7) is 3.91. The van der Waals surface area contributed by atoms with Gasteiger partial charge in [-0.15, -0.1) is 11.3 Å². The standard InChI is InChI=1S/C22H20N2O2S/c1-14-10-11-20(26-14)22-24-17(13-27-22)12-21(25)23-15(2)18-9-5-7-16-6-3-4-8-19(16)18/h3-11,13,15H,12H2,1-2H3,(H,23,25). The summed E-state index contributed by atoms with van der Waals surface area (Å²) in [5, 5.41) is 8.14. The Balaban J connectivity index is 1.45. The van der Waals surface area contributed by atoms with E-state index in [4.69, 9.17) is 4.42 Å². The topological polar surface area (TPSA) is 55.1 Å². The summed E-state index contributed by atoms with van der Waals surface area (Å²) in [5.74, 6) is 1.56. The highest BCUT2D eigenvalue weighted by Gasteiger charge is 2.15. The minimum atomic E-state index is -0.0746. The lowest BCUT2D eigenvalue weighted by molar-refractivity contribution is -0.121. The quantitative estimate of drug-likeness (QED) is 0.515. The maximum absolute atomic E-state index is 12.5. The molecule has 0 aliphatic carbocycles. The molecule has 0 fully saturated rings. The van der Waals surface area contributed by atoms with E-state index in [1.165, 1.54) is 16.7 Å². The molecule has 4 nitrogen and oxygen atoms in total. The van der Waals surface area contributed by atoms with Crippen LogP contribution >= 0.6 is 11.3 Å². The fraction of sp³-hybridized carbons (Fsp3) is 0.182. The molecular weight excluding hydrogens is 356 g/mol. The second-order valence-electron chi connectivity index (χ2n) is 6.59. The molecular formula is C22H20N2O2S. The Morgan fingerprint density at radius 3 is 2.78 bits per heavy atom. The third-order valence-electron chi connectivity index (χ3n) is 4.51. The summed E-state index contributed by atoms with van der Waals surface area (Å²) in [7, 11) is 0. The first kappa shape index (κ1) is 17.5. The van der Waals surface area contributed by atoms with Crippen LogP contribution in [0, 0.1) is 6.92 Å². The molecule has 0 aliphatic rings. The molecule has 1 atom stereocenters. The molecule has 5 heteroatoms. The van der Waals surface area contributed by atoms with Crippen LogP contribution in [-0.4, -0.2) is 10.9 Å². The molecule has 0 saturated heterocycles. The number of hydrogen-bond donors (Lipinski definition) is 1. The summed E-state index contributed by atoms with van der Waals surface area (Å²) in [5.41, 5.74) is 1.87. The van der Waals surface area contributed by atoms with E-state index in [1.54, 1.807) is 0 Å². The Morgan fingerprint density at radius 2 is 1.96 bits per heavy atom. The lowest BCUT2D eigenvalue weighted by Gasteiger charge is -2.16. The van der Waals surface area contributed by atoms with Crippen molar-refractivity contribution in [3.63, 3.8) is 0 Å². The zero-order valence-electron chi connectivity index (χ0n) is 15.2. The first-order chi connectivity index (χ1) is 13.1. The predicted octanol–water partition coefficient (Wildman–Crippen LogP) is 5.28. The van der Waals surface area contributed by atoms with Crippen LogP contribution in [0.1, 0.15) is 30.0 Å². The highest BCUT2D eigenvalue weighted by atomic mass is 32.1. The second-order valence-corrected chi connectivity index (χ2v) is 7.45. The number of furan rings is 1. The van der Waals surface area contributed by atoms with Gasteiger partial charge in [0.2, 0.25) is 5.91 Å². The summed E-state index contributed by atoms with van der Waals surface area (Å²) in [6, 6.07) is 18.1. The van der Waals surface area contributed by atoms with Crippen molar-refractivity contribution in [1.29, 1.82) is 0 Å². The van der Waals surface area contributed by atoms with Crippen molar-refractivity contribution in [3.8, 4) is 10.8 Å². The molecule has 0 aliphatic heterocycles. The van der Waals surface area contributed by atoms with Gasteiger partial charge in [-0.25, -0.2) is 4.98 Å². The summed E-state index contributed by atoms with van der Waals surface area (Å²) >= 11 is 1.49. The summed E-state index contributed by atoms with van der Waals surface area (Å²) < 4.78 is 5.60. The van der Waals surface area contributed by atoms with E-state index in [1.807, 2.05) is 49.6 Å². The number of carbonyl (C=O) groups excluding carboxylic acids is 1. The van der Waals surface area contributed by atoms with Crippen molar-refractivity contribution >= 4 is 28.0 Å². The fourth-order valence-corrected chi connectivity index (χ4v) is 3.99. The van der Waals surface area contributed by atoms with Crippen LogP contribution in [0.15, 0.2) is 64.4 Å². The Hall–Kier alpha value is -2.92. The normalized spacial score (nSPS) is 12.2. The van der Waals surface area contributed by atoms with Crippen molar-refractivity contribution in [2.75, 3.05) is 0 Å². The number of nitrogens with one attached hydrogen (secondary N) is 1. The van der Waals surface area contributed by atoms with E-state index >= 15 is 0 Å². The predicted molar refractivity (Wildman–Crippen MR) is 109 cm³/mol. The highest BCUT2D eigenvalue weighted by molar-refractivity contribution is 7.13. The molecule has 0 saturated carbocycles. The minimum Gasteiger partial charge on any atom is -0.459 e. The molecule has 27 heavy (non-hydrogen) atoms. The molecule has 0 bridgehead atoms. The number of thiazole rings is 1. The third-order valence-corrected chi connectivity index (χ3v) is 5.42. The fourth-order valence-electron chi connectivity index (χ4n) is 3.21. The van der Waals surface area contributed by atoms with Crippen molar-refractivity contribution in [2.45, 2.75) is 26.3 Å². The zero-order valence-corrected chi connectivity index (χ0v) is 16.0. The number of benzene rings is 2. The SMILES string of the molecule is Cc1ccc(-c2nc(CC(=O)NC(C)c3cccc4ccccc34)cs2)o1. The van der Waals surface area contributed by atoms with Crippen molar-refractivity contribution < 1.29 is 9.21 Å². The van der Waals surface area contributed by atoms with Crippen molar-refractivity contribution in [2.24, 2.45) is 0 Å². The van der Waals surface area contributed by atoms with E-state index in [0.29, 0.717) is 0 Å². The Bertz CT molecular complexity index is 1090. The van der Waals surface area contributed by atoms with Gasteiger partial charge in [-0.3, -0.25) is 4.79 Å². The van der Waals surface area contributed by atoms with E-state index in [9.17, 15) is 4.79 Å². The molecule has 0 radical (unpaired) electrons. The van der Waals surface area contributed by atoms with Gasteiger partial charge in [0.25, 0.3) is 0 Å². The number of nitrogens with zero attached hydrogens (tertiary/aromatic N) is 1. The smallest absolute Gasteiger partial charge is 0.226 e. The van der Waals surface area contributed by atoms with Gasteiger partial charge in [0.1, 0.15) is 5.76 Å². The van der Waals surface area contributed by atoms with Crippen LogP contribution in [0.2, 0.25) is 0 Å². The van der Waals surface area contributed by atoms with E-state index in [2.05, 4.69) is 34.6 Å². The van der Waals surface area contributed by atoms with Crippen molar-refractivity contribution in [1.82, 2.24) is 10.3 Å². The lowest BCUT2D eigenvalue weighted by atomic mass is 9.99. The maximum Gasteiger partial charge on any atom is 0.226 e. The Labute approximate surface area is 161 Å². The van der Waals surface area contributed by atoms with Crippen LogP contribution in [-0.2, 0) is 11.2 Å². The number of aryl methyl sites for hydroxylation is 1. The molecule has 2 aromatic heterocycles. The highest BCUT2D eigenvalue weighted by Crippen LogP contribution is 2.26. The van der Waals surface area contributed by atoms with Gasteiger partial charge in [0, 0.05) is 5.38 Å². The van der Waals surface area contributed by atoms with Gasteiger partial charge in [0.15, 0.2) is 10.8 Å². The number of rotatable bonds is 5. The summed E-state index contributed by atoms with van der Waals surface area (Å²) in [4.78, 5) is 17.0. The molecule has 136 valence electrons. The van der Waals surface area contributed by atoms with Gasteiger partial charge >= 0.3 is 0 Å². The number of hydrogen-bond acceptors (Lipinski definition) is 4. The van der Waals surface area contributed by atoms with Gasteiger partial charge < -0.3 is 9.73 Å². The average molecular weight is 376 g/mol. The molecule has 2 heterocycles.